The van der Waals surface area contributed by atoms with Crippen LogP contribution in [0, 0.1) is 6.92 Å². The number of benzene rings is 2. The van der Waals surface area contributed by atoms with Gasteiger partial charge in [-0.3, -0.25) is 4.90 Å². The van der Waals surface area contributed by atoms with Crippen molar-refractivity contribution in [2.24, 2.45) is 0 Å². The molecule has 1 aliphatic heterocycles. The van der Waals surface area contributed by atoms with Crippen LogP contribution in [0.25, 0.3) is 0 Å². The Morgan fingerprint density at radius 2 is 1.77 bits per heavy atom. The molecule has 7 heteroatoms. The number of ether oxygens (including phenoxy) is 1. The summed E-state index contributed by atoms with van der Waals surface area (Å²) in [5.74, 6) is 1.08. The summed E-state index contributed by atoms with van der Waals surface area (Å²) in [5, 5.41) is 10.6. The van der Waals surface area contributed by atoms with Crippen LogP contribution in [0.3, 0.4) is 0 Å². The minimum atomic E-state index is -3.01. The summed E-state index contributed by atoms with van der Waals surface area (Å²) in [6.45, 7) is 3.13. The molecule has 1 fully saturated rings. The monoisotopic (exact) mass is 432 g/mol. The number of aliphatic hydroxyl groups excluding tert-OH is 1. The molecule has 0 bridgehead atoms. The quantitative estimate of drug-likeness (QED) is 0.657. The highest BCUT2D eigenvalue weighted by molar-refractivity contribution is 7.91. The van der Waals surface area contributed by atoms with Crippen LogP contribution in [-0.2, 0) is 16.4 Å². The van der Waals surface area contributed by atoms with Crippen LogP contribution in [0.4, 0.5) is 5.69 Å². The Hall–Kier alpha value is -2.09. The maximum atomic E-state index is 12.0. The lowest BCUT2D eigenvalue weighted by atomic mass is 10.1. The molecule has 164 valence electrons. The molecule has 0 spiro atoms. The molecule has 2 aromatic carbocycles. The SMILES string of the molecule is Cc1ccc(OCC(O)CN(Cc2ccc(N(C)C)cc2)C2CCS(=O)(=O)C2)cc1. The summed E-state index contributed by atoms with van der Waals surface area (Å²) in [4.78, 5) is 4.12. The number of sulfone groups is 1. The van der Waals surface area contributed by atoms with Gasteiger partial charge in [0, 0.05) is 38.9 Å². The summed E-state index contributed by atoms with van der Waals surface area (Å²) in [6, 6.07) is 15.8. The zero-order chi connectivity index (χ0) is 21.7. The standard InChI is InChI=1S/C23H32N2O4S/c1-18-4-10-23(11-5-18)29-16-22(26)15-25(21-12-13-30(27,28)17-21)14-19-6-8-20(9-7-19)24(2)3/h4-11,21-22,26H,12-17H2,1-3H3. The molecule has 2 aromatic rings. The van der Waals surface area contributed by atoms with Gasteiger partial charge in [-0.25, -0.2) is 8.42 Å². The topological polar surface area (TPSA) is 70.1 Å². The van der Waals surface area contributed by atoms with Crippen molar-refractivity contribution in [1.82, 2.24) is 4.90 Å². The van der Waals surface area contributed by atoms with Crippen molar-refractivity contribution in [1.29, 1.82) is 0 Å². The van der Waals surface area contributed by atoms with Crippen molar-refractivity contribution < 1.29 is 18.3 Å². The minimum absolute atomic E-state index is 0.0856. The Balaban J connectivity index is 1.65. The Morgan fingerprint density at radius 1 is 1.10 bits per heavy atom. The van der Waals surface area contributed by atoms with Crippen LogP contribution >= 0.6 is 0 Å². The molecule has 0 amide bonds. The molecule has 2 atom stereocenters. The fourth-order valence-electron chi connectivity index (χ4n) is 3.69. The third-order valence-corrected chi connectivity index (χ3v) is 7.22. The second kappa shape index (κ2) is 9.81. The van der Waals surface area contributed by atoms with E-state index < -0.39 is 15.9 Å². The van der Waals surface area contributed by atoms with Gasteiger partial charge >= 0.3 is 0 Å². The molecule has 0 radical (unpaired) electrons. The molecule has 1 N–H and O–H groups in total. The van der Waals surface area contributed by atoms with E-state index in [1.807, 2.05) is 50.2 Å². The van der Waals surface area contributed by atoms with Gasteiger partial charge in [-0.2, -0.15) is 0 Å². The summed E-state index contributed by atoms with van der Waals surface area (Å²) < 4.78 is 29.8. The Morgan fingerprint density at radius 3 is 2.33 bits per heavy atom. The summed E-state index contributed by atoms with van der Waals surface area (Å²) >= 11 is 0. The van der Waals surface area contributed by atoms with Gasteiger partial charge in [0.1, 0.15) is 18.5 Å². The van der Waals surface area contributed by atoms with Crippen molar-refractivity contribution in [3.63, 3.8) is 0 Å². The Labute approximate surface area is 180 Å². The van der Waals surface area contributed by atoms with Crippen LogP contribution in [0.2, 0.25) is 0 Å². The molecule has 1 heterocycles. The Kier molecular flexibility index (Phi) is 7.39. The predicted octanol–water partition coefficient (Wildman–Crippen LogP) is 2.49. The van der Waals surface area contributed by atoms with Crippen molar-refractivity contribution in [3.05, 3.63) is 59.7 Å². The van der Waals surface area contributed by atoms with Gasteiger partial charge in [-0.1, -0.05) is 29.8 Å². The lowest BCUT2D eigenvalue weighted by molar-refractivity contribution is 0.0525. The second-order valence-corrected chi connectivity index (χ2v) is 10.6. The molecule has 0 aliphatic carbocycles. The van der Waals surface area contributed by atoms with Crippen LogP contribution in [-0.4, -0.2) is 69.3 Å². The van der Waals surface area contributed by atoms with E-state index in [0.717, 1.165) is 16.8 Å². The van der Waals surface area contributed by atoms with Crippen LogP contribution < -0.4 is 9.64 Å². The number of hydrogen-bond donors (Lipinski definition) is 1. The Bertz CT molecular complexity index is 911. The van der Waals surface area contributed by atoms with Crippen molar-refractivity contribution in [2.75, 3.05) is 43.7 Å². The lowest BCUT2D eigenvalue weighted by Gasteiger charge is -2.30. The highest BCUT2D eigenvalue weighted by Gasteiger charge is 2.33. The third kappa shape index (κ3) is 6.45. The number of aliphatic hydroxyl groups is 1. The fourth-order valence-corrected chi connectivity index (χ4v) is 5.45. The normalized spacial score (nSPS) is 19.0. The smallest absolute Gasteiger partial charge is 0.151 e. The number of rotatable bonds is 9. The molecule has 6 nitrogen and oxygen atoms in total. The summed E-state index contributed by atoms with van der Waals surface area (Å²) in [6.07, 6.45) is -0.112. The van der Waals surface area contributed by atoms with Crippen molar-refractivity contribution in [2.45, 2.75) is 32.0 Å². The van der Waals surface area contributed by atoms with E-state index in [9.17, 15) is 13.5 Å². The lowest BCUT2D eigenvalue weighted by Crippen LogP contribution is -2.42. The molecule has 0 aromatic heterocycles. The number of hydrogen-bond acceptors (Lipinski definition) is 6. The average Bonchev–Trinajstić information content (AvgIpc) is 3.07. The van der Waals surface area contributed by atoms with Gasteiger partial charge in [0.15, 0.2) is 9.84 Å². The van der Waals surface area contributed by atoms with E-state index in [2.05, 4.69) is 29.2 Å². The molecule has 1 saturated heterocycles. The van der Waals surface area contributed by atoms with E-state index in [1.54, 1.807) is 0 Å². The van der Waals surface area contributed by atoms with Crippen LogP contribution in [0.15, 0.2) is 48.5 Å². The van der Waals surface area contributed by atoms with E-state index in [1.165, 1.54) is 0 Å². The van der Waals surface area contributed by atoms with Gasteiger partial charge in [0.25, 0.3) is 0 Å². The minimum Gasteiger partial charge on any atom is -0.491 e. The number of nitrogens with zero attached hydrogens (tertiary/aromatic N) is 2. The van der Waals surface area contributed by atoms with E-state index in [0.29, 0.717) is 25.3 Å². The van der Waals surface area contributed by atoms with Gasteiger partial charge in [0.2, 0.25) is 0 Å². The zero-order valence-corrected chi connectivity index (χ0v) is 18.8. The van der Waals surface area contributed by atoms with E-state index in [4.69, 9.17) is 4.74 Å². The largest absolute Gasteiger partial charge is 0.491 e. The molecule has 1 aliphatic rings. The first-order chi connectivity index (χ1) is 14.2. The first kappa shape index (κ1) is 22.6. The van der Waals surface area contributed by atoms with Gasteiger partial charge in [-0.05, 0) is 43.2 Å². The first-order valence-corrected chi connectivity index (χ1v) is 12.1. The predicted molar refractivity (Wildman–Crippen MR) is 121 cm³/mol. The fraction of sp³-hybridized carbons (Fsp3) is 0.478. The summed E-state index contributed by atoms with van der Waals surface area (Å²) in [5.41, 5.74) is 3.36. The first-order valence-electron chi connectivity index (χ1n) is 10.3. The molecule has 3 rings (SSSR count). The molecular weight excluding hydrogens is 400 g/mol. The van der Waals surface area contributed by atoms with Crippen LogP contribution in [0.5, 0.6) is 5.75 Å². The van der Waals surface area contributed by atoms with Gasteiger partial charge < -0.3 is 14.7 Å². The maximum absolute atomic E-state index is 12.0. The highest BCUT2D eigenvalue weighted by Crippen LogP contribution is 2.22. The summed E-state index contributed by atoms with van der Waals surface area (Å²) in [7, 11) is 0.983. The molecule has 0 saturated carbocycles. The molecule has 2 unspecified atom stereocenters. The molecule has 30 heavy (non-hydrogen) atoms. The number of aryl methyl sites for hydroxylation is 1. The zero-order valence-electron chi connectivity index (χ0n) is 18.0. The third-order valence-electron chi connectivity index (χ3n) is 5.47. The maximum Gasteiger partial charge on any atom is 0.151 e. The van der Waals surface area contributed by atoms with Crippen molar-refractivity contribution in [3.8, 4) is 5.75 Å². The average molecular weight is 433 g/mol. The highest BCUT2D eigenvalue weighted by atomic mass is 32.2. The van der Waals surface area contributed by atoms with Crippen molar-refractivity contribution >= 4 is 15.5 Å². The van der Waals surface area contributed by atoms with E-state index >= 15 is 0 Å². The van der Waals surface area contributed by atoms with Gasteiger partial charge in [0.05, 0.1) is 11.5 Å². The number of anilines is 1. The van der Waals surface area contributed by atoms with Crippen LogP contribution in [0.1, 0.15) is 17.5 Å². The van der Waals surface area contributed by atoms with Gasteiger partial charge in [-0.15, -0.1) is 0 Å². The molecular formula is C23H32N2O4S. The second-order valence-electron chi connectivity index (χ2n) is 8.33. The van der Waals surface area contributed by atoms with E-state index in [-0.39, 0.29) is 24.2 Å².